The third-order valence-corrected chi connectivity index (χ3v) is 24.1. The molecule has 12 unspecified atom stereocenters. The third-order valence-electron chi connectivity index (χ3n) is 24.1. The van der Waals surface area contributed by atoms with Crippen LogP contribution in [-0.2, 0) is 57.1 Å². The van der Waals surface area contributed by atoms with Crippen LogP contribution < -0.4 is 0 Å². The van der Waals surface area contributed by atoms with Crippen LogP contribution in [0.2, 0.25) is 0 Å². The predicted molar refractivity (Wildman–Crippen MR) is 355 cm³/mol. The van der Waals surface area contributed by atoms with E-state index in [1.54, 1.807) is 0 Å². The number of rotatable bonds is 15. The Morgan fingerprint density at radius 1 is 0.512 bits per heavy atom. The van der Waals surface area contributed by atoms with Crippen molar-refractivity contribution in [2.75, 3.05) is 26.6 Å². The molecule has 0 radical (unpaired) electrons. The first kappa shape index (κ1) is 83.7. The Morgan fingerprint density at radius 2 is 0.988 bits per heavy atom. The van der Waals surface area contributed by atoms with Crippen LogP contribution in [0.3, 0.4) is 0 Å². The SMILES string of the molecule is C.C.C.C.C.C.C.C.CCC(C)(C)C(=O)OC1OC(C)CC12CCCCC2.CCC(C)(C)C(=O)OC1OCC2C3CCC(C3)C12.CCC(C)(C)C(=O)OC1OCC2C3CCC(C3)C12C.CCC(C)(C)C(=O)OCOCC1(C)C2CC3CC(C2)CC1C3. The zero-order valence-corrected chi connectivity index (χ0v) is 51.7. The molecule has 1 spiro atoms. The van der Waals surface area contributed by atoms with Gasteiger partial charge in [0.25, 0.3) is 0 Å². The van der Waals surface area contributed by atoms with Crippen molar-refractivity contribution in [2.24, 2.45) is 103 Å². The highest BCUT2D eigenvalue weighted by atomic mass is 16.7. The maximum Gasteiger partial charge on any atom is 0.313 e. The molecule has 12 aliphatic rings. The van der Waals surface area contributed by atoms with E-state index < -0.39 is 16.2 Å². The quantitative estimate of drug-likeness (QED) is 0.0667. The third kappa shape index (κ3) is 17.0. The Bertz CT molecular complexity index is 2020. The largest absolute Gasteiger partial charge is 0.438 e. The van der Waals surface area contributed by atoms with Crippen molar-refractivity contribution in [3.63, 3.8) is 0 Å². The molecule has 86 heavy (non-hydrogen) atoms. The average molecular weight is 1220 g/mol. The number of carbonyl (C=O) groups excluding carboxylic acids is 4. The van der Waals surface area contributed by atoms with Crippen molar-refractivity contribution in [1.29, 1.82) is 0 Å². The highest BCUT2D eigenvalue weighted by Crippen LogP contribution is 2.65. The molecule has 8 bridgehead atoms. The van der Waals surface area contributed by atoms with Gasteiger partial charge in [0.1, 0.15) is 0 Å². The normalized spacial score (nSPS) is 35.6. The molecule has 3 aliphatic heterocycles. The maximum atomic E-state index is 12.3. The summed E-state index contributed by atoms with van der Waals surface area (Å²) in [5.74, 6) is 7.97. The van der Waals surface area contributed by atoms with E-state index in [1.165, 1.54) is 89.9 Å². The average Bonchev–Trinajstić information content (AvgIpc) is 1.43. The minimum atomic E-state index is -0.412. The van der Waals surface area contributed by atoms with Crippen LogP contribution in [0, 0.1) is 103 Å². The highest BCUT2D eigenvalue weighted by Gasteiger charge is 2.65. The molecule has 12 rings (SSSR count). The summed E-state index contributed by atoms with van der Waals surface area (Å²) in [6, 6.07) is 0. The number of carbonyl (C=O) groups is 4. The first-order chi connectivity index (χ1) is 36.7. The van der Waals surface area contributed by atoms with Gasteiger partial charge in [0.2, 0.25) is 18.9 Å². The van der Waals surface area contributed by atoms with E-state index in [0.29, 0.717) is 29.1 Å². The standard InChI is InChI=1S/C19H32O3.C16H26O3.C16H28O3.C15H24O3.8CH4/c1-5-18(2,3)17(20)22-12-21-11-19(4)15-7-13-6-14(9-15)10-16(19)8-13;1-5-15(2,3)13(17)19-14-16(4)11-7-6-10(8-11)12(16)9-18-14;1-5-15(3,4)13(17)19-14-16(11-12(2)18-14)9-7-6-8-10-16;1-4-15(2,3)14(16)18-13-12-10-6-5-9(7-10)11(12)8-17-13;;;;;;;;/h13-16H,5-12H2,1-4H3;10-12,14H,5-9H2,1-4H3;12,14H,5-11H2,1-4H3;9-13H,4-8H2,1-3H3;8*1H4. The van der Waals surface area contributed by atoms with Crippen molar-refractivity contribution >= 4 is 23.9 Å². The Hall–Kier alpha value is -2.28. The van der Waals surface area contributed by atoms with E-state index >= 15 is 0 Å². The Morgan fingerprint density at radius 3 is 1.51 bits per heavy atom. The number of hydrogen-bond donors (Lipinski definition) is 0. The van der Waals surface area contributed by atoms with Gasteiger partial charge in [0.15, 0.2) is 6.79 Å². The van der Waals surface area contributed by atoms with Gasteiger partial charge in [0, 0.05) is 16.7 Å². The first-order valence-corrected chi connectivity index (χ1v) is 31.9. The zero-order chi connectivity index (χ0) is 56.8. The molecule has 3 heterocycles. The topological polar surface area (TPSA) is 142 Å². The fourth-order valence-corrected chi connectivity index (χ4v) is 16.9. The Balaban J connectivity index is 0.00000109. The number of ether oxygens (including phenoxy) is 8. The lowest BCUT2D eigenvalue weighted by molar-refractivity contribution is -0.204. The summed E-state index contributed by atoms with van der Waals surface area (Å²) in [5, 5.41) is 0. The summed E-state index contributed by atoms with van der Waals surface area (Å²) in [6.07, 6.45) is 24.6. The van der Waals surface area contributed by atoms with Crippen LogP contribution in [0.1, 0.15) is 298 Å². The van der Waals surface area contributed by atoms with Crippen LogP contribution in [0.5, 0.6) is 0 Å². The molecule has 12 heteroatoms. The molecule has 3 saturated heterocycles. The minimum Gasteiger partial charge on any atom is -0.438 e. The van der Waals surface area contributed by atoms with Crippen molar-refractivity contribution in [1.82, 2.24) is 0 Å². The summed E-state index contributed by atoms with van der Waals surface area (Å²) < 4.78 is 45.9. The molecule has 510 valence electrons. The van der Waals surface area contributed by atoms with Gasteiger partial charge in [-0.15, -0.1) is 0 Å². The van der Waals surface area contributed by atoms with Gasteiger partial charge in [-0.2, -0.15) is 0 Å². The van der Waals surface area contributed by atoms with Gasteiger partial charge in [0.05, 0.1) is 47.6 Å². The fraction of sp³-hybridized carbons (Fsp3) is 0.946. The molecule has 0 aromatic heterocycles. The van der Waals surface area contributed by atoms with E-state index in [1.807, 2.05) is 83.1 Å². The molecule has 0 aromatic carbocycles. The van der Waals surface area contributed by atoms with Crippen molar-refractivity contribution in [3.05, 3.63) is 0 Å². The molecule has 12 nitrogen and oxygen atoms in total. The van der Waals surface area contributed by atoms with Gasteiger partial charge in [-0.3, -0.25) is 19.2 Å². The van der Waals surface area contributed by atoms with Gasteiger partial charge in [-0.05, 0) is 242 Å². The lowest BCUT2D eigenvalue weighted by Gasteiger charge is -2.60. The maximum absolute atomic E-state index is 12.3. The van der Waals surface area contributed by atoms with Gasteiger partial charge < -0.3 is 37.9 Å². The van der Waals surface area contributed by atoms with Crippen molar-refractivity contribution in [3.8, 4) is 0 Å². The summed E-state index contributed by atoms with van der Waals surface area (Å²) in [6.45, 7) is 32.9. The molecule has 9 saturated carbocycles. The molecule has 0 N–H and O–H groups in total. The van der Waals surface area contributed by atoms with E-state index in [9.17, 15) is 19.2 Å². The van der Waals surface area contributed by atoms with Gasteiger partial charge in [-0.1, -0.05) is 120 Å². The van der Waals surface area contributed by atoms with Crippen LogP contribution in [0.4, 0.5) is 0 Å². The number of fused-ring (bicyclic) bond motifs is 10. The molecular formula is C74H142O12. The summed E-state index contributed by atoms with van der Waals surface area (Å²) in [7, 11) is 0. The lowest BCUT2D eigenvalue weighted by Crippen LogP contribution is -2.53. The second-order valence-electron chi connectivity index (χ2n) is 30.5. The Kier molecular flexibility index (Phi) is 32.0. The molecule has 0 aromatic rings. The predicted octanol–water partition coefficient (Wildman–Crippen LogP) is 19.9. The number of hydrogen-bond acceptors (Lipinski definition) is 12. The molecular weight excluding hydrogens is 1080 g/mol. The Labute approximate surface area is 531 Å². The second-order valence-corrected chi connectivity index (χ2v) is 30.5. The monoisotopic (exact) mass is 1220 g/mol. The lowest BCUT2D eigenvalue weighted by atomic mass is 9.46. The summed E-state index contributed by atoms with van der Waals surface area (Å²) in [4.78, 5) is 48.7. The molecule has 12 atom stereocenters. The zero-order valence-electron chi connectivity index (χ0n) is 51.7. The number of esters is 4. The van der Waals surface area contributed by atoms with Crippen LogP contribution in [-0.4, -0.2) is 75.5 Å². The van der Waals surface area contributed by atoms with Crippen LogP contribution >= 0.6 is 0 Å². The molecule has 12 fully saturated rings. The van der Waals surface area contributed by atoms with Gasteiger partial charge >= 0.3 is 23.9 Å². The summed E-state index contributed by atoms with van der Waals surface area (Å²) in [5.41, 5.74) is -1.14. The van der Waals surface area contributed by atoms with E-state index in [4.69, 9.17) is 37.9 Å². The minimum absolute atomic E-state index is 0. The van der Waals surface area contributed by atoms with Crippen LogP contribution in [0.25, 0.3) is 0 Å². The van der Waals surface area contributed by atoms with E-state index in [-0.39, 0.29) is 131 Å². The van der Waals surface area contributed by atoms with E-state index in [0.717, 1.165) is 106 Å². The first-order valence-electron chi connectivity index (χ1n) is 31.9. The van der Waals surface area contributed by atoms with Crippen molar-refractivity contribution < 1.29 is 57.1 Å². The fourth-order valence-electron chi connectivity index (χ4n) is 16.9. The summed E-state index contributed by atoms with van der Waals surface area (Å²) >= 11 is 0. The molecule has 0 amide bonds. The van der Waals surface area contributed by atoms with E-state index in [2.05, 4.69) is 20.8 Å². The second kappa shape index (κ2) is 32.8. The smallest absolute Gasteiger partial charge is 0.313 e. The van der Waals surface area contributed by atoms with Gasteiger partial charge in [-0.25, -0.2) is 0 Å². The highest BCUT2D eigenvalue weighted by molar-refractivity contribution is 5.77. The molecule has 9 aliphatic carbocycles. The van der Waals surface area contributed by atoms with Crippen LogP contribution in [0.15, 0.2) is 0 Å². The van der Waals surface area contributed by atoms with Crippen molar-refractivity contribution in [2.45, 2.75) is 323 Å².